The Morgan fingerprint density at radius 3 is 3.00 bits per heavy atom. The maximum Gasteiger partial charge on any atom is 0.271 e. The van der Waals surface area contributed by atoms with Crippen LogP contribution in [0.25, 0.3) is 5.65 Å². The Labute approximate surface area is 129 Å². The summed E-state index contributed by atoms with van der Waals surface area (Å²) in [6.07, 6.45) is 6.06. The molecule has 0 atom stereocenters. The second kappa shape index (κ2) is 6.17. The molecule has 2 aromatic heterocycles. The molecular formula is C16H20N4O2. The average Bonchev–Trinajstić information content (AvgIpc) is 3.09. The lowest BCUT2D eigenvalue weighted by atomic mass is 10.3. The first kappa shape index (κ1) is 14.6. The molecule has 2 amide bonds. The molecule has 22 heavy (non-hydrogen) atoms. The van der Waals surface area contributed by atoms with Crippen molar-refractivity contribution < 1.29 is 9.59 Å². The molecule has 0 spiro atoms. The normalized spacial score (nSPS) is 14.8. The van der Waals surface area contributed by atoms with Crippen molar-refractivity contribution in [1.29, 1.82) is 0 Å². The van der Waals surface area contributed by atoms with Crippen molar-refractivity contribution in [1.82, 2.24) is 19.6 Å². The largest absolute Gasteiger partial charge is 0.351 e. The molecule has 2 aromatic rings. The van der Waals surface area contributed by atoms with Gasteiger partial charge in [-0.25, -0.2) is 4.98 Å². The summed E-state index contributed by atoms with van der Waals surface area (Å²) >= 11 is 0. The van der Waals surface area contributed by atoms with Gasteiger partial charge in [-0.2, -0.15) is 0 Å². The summed E-state index contributed by atoms with van der Waals surface area (Å²) in [5.41, 5.74) is 2.30. The van der Waals surface area contributed by atoms with Crippen molar-refractivity contribution in [2.45, 2.75) is 26.2 Å². The van der Waals surface area contributed by atoms with Crippen LogP contribution in [-0.2, 0) is 4.79 Å². The number of hydrogen-bond acceptors (Lipinski definition) is 3. The molecule has 0 unspecified atom stereocenters. The van der Waals surface area contributed by atoms with E-state index in [-0.39, 0.29) is 11.8 Å². The quantitative estimate of drug-likeness (QED) is 0.848. The maximum absolute atomic E-state index is 12.1. The van der Waals surface area contributed by atoms with E-state index in [1.54, 1.807) is 6.20 Å². The second-order valence-electron chi connectivity index (χ2n) is 5.69. The summed E-state index contributed by atoms with van der Waals surface area (Å²) in [4.78, 5) is 29.7. The fourth-order valence-electron chi connectivity index (χ4n) is 2.72. The van der Waals surface area contributed by atoms with Gasteiger partial charge in [0, 0.05) is 38.4 Å². The Balaban J connectivity index is 1.51. The number of aromatic nitrogens is 2. The molecule has 0 radical (unpaired) electrons. The Bertz CT molecular complexity index is 707. The van der Waals surface area contributed by atoms with E-state index in [1.807, 2.05) is 34.6 Å². The first-order valence-corrected chi connectivity index (χ1v) is 7.65. The van der Waals surface area contributed by atoms with Gasteiger partial charge in [0.2, 0.25) is 5.91 Å². The van der Waals surface area contributed by atoms with Gasteiger partial charge in [0.15, 0.2) is 0 Å². The summed E-state index contributed by atoms with van der Waals surface area (Å²) in [7, 11) is 0. The Morgan fingerprint density at radius 2 is 2.23 bits per heavy atom. The number of rotatable bonds is 5. The van der Waals surface area contributed by atoms with Gasteiger partial charge in [0.1, 0.15) is 11.3 Å². The molecule has 0 bridgehead atoms. The number of nitrogens with one attached hydrogen (secondary N) is 1. The van der Waals surface area contributed by atoms with Crippen LogP contribution in [0.3, 0.4) is 0 Å². The fraction of sp³-hybridized carbons (Fsp3) is 0.438. The highest BCUT2D eigenvalue weighted by molar-refractivity contribution is 5.92. The Morgan fingerprint density at radius 1 is 1.36 bits per heavy atom. The minimum Gasteiger partial charge on any atom is -0.351 e. The molecule has 1 aliphatic heterocycles. The summed E-state index contributed by atoms with van der Waals surface area (Å²) < 4.78 is 1.85. The molecule has 1 aliphatic rings. The number of carbonyl (C=O) groups excluding carboxylic acids is 2. The number of imidazole rings is 1. The second-order valence-corrected chi connectivity index (χ2v) is 5.69. The van der Waals surface area contributed by atoms with Gasteiger partial charge < -0.3 is 14.6 Å². The first-order chi connectivity index (χ1) is 10.6. The number of nitrogens with zero attached hydrogens (tertiary/aromatic N) is 3. The third-order valence-electron chi connectivity index (χ3n) is 3.89. The van der Waals surface area contributed by atoms with Gasteiger partial charge in [0.05, 0.1) is 0 Å². The average molecular weight is 300 g/mol. The minimum atomic E-state index is -0.172. The number of fused-ring (bicyclic) bond motifs is 1. The molecule has 116 valence electrons. The van der Waals surface area contributed by atoms with E-state index in [9.17, 15) is 9.59 Å². The van der Waals surface area contributed by atoms with Crippen LogP contribution in [0, 0.1) is 6.92 Å². The molecular weight excluding hydrogens is 280 g/mol. The van der Waals surface area contributed by atoms with Crippen LogP contribution in [0.5, 0.6) is 0 Å². The standard InChI is InChI=1S/C16H20N4O2/c1-12-5-6-14-18-13(11-20(14)10-12)16(22)17-7-3-9-19-8-2-4-15(19)21/h5-6,10-11H,2-4,7-9H2,1H3,(H,17,22). The molecule has 6 nitrogen and oxygen atoms in total. The fourth-order valence-corrected chi connectivity index (χ4v) is 2.72. The van der Waals surface area contributed by atoms with Gasteiger partial charge >= 0.3 is 0 Å². The van der Waals surface area contributed by atoms with E-state index < -0.39 is 0 Å². The predicted octanol–water partition coefficient (Wildman–Crippen LogP) is 1.39. The zero-order chi connectivity index (χ0) is 15.5. The number of aryl methyl sites for hydroxylation is 1. The van der Waals surface area contributed by atoms with Gasteiger partial charge in [0.25, 0.3) is 5.91 Å². The molecule has 6 heteroatoms. The van der Waals surface area contributed by atoms with Crippen molar-refractivity contribution in [3.8, 4) is 0 Å². The molecule has 0 aliphatic carbocycles. The topological polar surface area (TPSA) is 66.7 Å². The Kier molecular flexibility index (Phi) is 4.09. The highest BCUT2D eigenvalue weighted by atomic mass is 16.2. The van der Waals surface area contributed by atoms with Gasteiger partial charge in [-0.3, -0.25) is 9.59 Å². The smallest absolute Gasteiger partial charge is 0.271 e. The number of hydrogen-bond donors (Lipinski definition) is 1. The van der Waals surface area contributed by atoms with Crippen molar-refractivity contribution in [2.75, 3.05) is 19.6 Å². The molecule has 1 N–H and O–H groups in total. The zero-order valence-corrected chi connectivity index (χ0v) is 12.7. The van der Waals surface area contributed by atoms with E-state index in [0.29, 0.717) is 25.2 Å². The predicted molar refractivity (Wildman–Crippen MR) is 82.7 cm³/mol. The summed E-state index contributed by atoms with van der Waals surface area (Å²) in [6.45, 7) is 4.11. The summed E-state index contributed by atoms with van der Waals surface area (Å²) in [5.74, 6) is 0.0520. The molecule has 0 saturated carbocycles. The van der Waals surface area contributed by atoms with Crippen LogP contribution < -0.4 is 5.32 Å². The lowest BCUT2D eigenvalue weighted by Gasteiger charge is -2.14. The lowest BCUT2D eigenvalue weighted by molar-refractivity contribution is -0.127. The molecule has 1 fully saturated rings. The van der Waals surface area contributed by atoms with Crippen molar-refractivity contribution >= 4 is 17.5 Å². The summed E-state index contributed by atoms with van der Waals surface area (Å²) in [5, 5.41) is 2.86. The van der Waals surface area contributed by atoms with Crippen LogP contribution >= 0.6 is 0 Å². The number of pyridine rings is 1. The van der Waals surface area contributed by atoms with Gasteiger partial charge in [-0.05, 0) is 31.4 Å². The highest BCUT2D eigenvalue weighted by Crippen LogP contribution is 2.10. The SMILES string of the molecule is Cc1ccc2nc(C(=O)NCCCN3CCCC3=O)cn2c1. The minimum absolute atomic E-state index is 0.172. The number of carbonyl (C=O) groups is 2. The van der Waals surface area contributed by atoms with E-state index >= 15 is 0 Å². The van der Waals surface area contributed by atoms with Gasteiger partial charge in [-0.15, -0.1) is 0 Å². The summed E-state index contributed by atoms with van der Waals surface area (Å²) in [6, 6.07) is 3.86. The molecule has 1 saturated heterocycles. The molecule has 3 heterocycles. The highest BCUT2D eigenvalue weighted by Gasteiger charge is 2.19. The van der Waals surface area contributed by atoms with Crippen LogP contribution in [0.1, 0.15) is 35.3 Å². The Hall–Kier alpha value is -2.37. The van der Waals surface area contributed by atoms with Crippen LogP contribution in [0.2, 0.25) is 0 Å². The molecule has 0 aromatic carbocycles. The monoisotopic (exact) mass is 300 g/mol. The van der Waals surface area contributed by atoms with Crippen molar-refractivity contribution in [3.63, 3.8) is 0 Å². The molecule has 3 rings (SSSR count). The lowest BCUT2D eigenvalue weighted by Crippen LogP contribution is -2.30. The third kappa shape index (κ3) is 3.10. The van der Waals surface area contributed by atoms with Crippen molar-refractivity contribution in [3.05, 3.63) is 35.8 Å². The van der Waals surface area contributed by atoms with E-state index in [1.165, 1.54) is 0 Å². The number of amides is 2. The zero-order valence-electron chi connectivity index (χ0n) is 12.7. The van der Waals surface area contributed by atoms with Crippen LogP contribution in [0.15, 0.2) is 24.5 Å². The van der Waals surface area contributed by atoms with Crippen molar-refractivity contribution in [2.24, 2.45) is 0 Å². The maximum atomic E-state index is 12.1. The third-order valence-corrected chi connectivity index (χ3v) is 3.89. The van der Waals surface area contributed by atoms with Crippen LogP contribution in [0.4, 0.5) is 0 Å². The van der Waals surface area contributed by atoms with E-state index in [2.05, 4.69) is 10.3 Å². The van der Waals surface area contributed by atoms with E-state index in [0.717, 1.165) is 30.6 Å². The van der Waals surface area contributed by atoms with Gasteiger partial charge in [-0.1, -0.05) is 6.07 Å². The number of likely N-dealkylation sites (tertiary alicyclic amines) is 1. The van der Waals surface area contributed by atoms with Crippen LogP contribution in [-0.4, -0.2) is 45.7 Å². The van der Waals surface area contributed by atoms with E-state index in [4.69, 9.17) is 0 Å². The first-order valence-electron chi connectivity index (χ1n) is 7.65.